The summed E-state index contributed by atoms with van der Waals surface area (Å²) < 4.78 is 87.6. The number of alkyl halides is 3. The van der Waals surface area contributed by atoms with Gasteiger partial charge in [0.2, 0.25) is 26.0 Å². The van der Waals surface area contributed by atoms with Crippen LogP contribution in [0.4, 0.5) is 30.6 Å². The zero-order valence-corrected chi connectivity index (χ0v) is 23.6. The molecule has 12 nitrogen and oxygen atoms in total. The van der Waals surface area contributed by atoms with Crippen molar-refractivity contribution in [3.8, 4) is 11.3 Å². The number of pyridine rings is 1. The minimum absolute atomic E-state index is 0.00737. The van der Waals surface area contributed by atoms with E-state index in [1.807, 2.05) is 0 Å². The van der Waals surface area contributed by atoms with Gasteiger partial charge in [0.25, 0.3) is 0 Å². The predicted molar refractivity (Wildman–Crippen MR) is 152 cm³/mol. The number of nitrogens with one attached hydrogen (secondary N) is 2. The fraction of sp³-hybridized carbons (Fsp3) is 0.240. The molecule has 4 rings (SSSR count). The molecule has 0 spiro atoms. The van der Waals surface area contributed by atoms with Gasteiger partial charge < -0.3 is 15.7 Å². The van der Waals surface area contributed by atoms with Crippen molar-refractivity contribution in [3.05, 3.63) is 66.2 Å². The van der Waals surface area contributed by atoms with Crippen LogP contribution in [0, 0.1) is 0 Å². The van der Waals surface area contributed by atoms with Crippen molar-refractivity contribution < 1.29 is 35.1 Å². The number of sulfonamides is 2. The molecule has 0 radical (unpaired) electrons. The number of anilines is 3. The zero-order valence-electron chi connectivity index (χ0n) is 22.0. The molecule has 0 aliphatic carbocycles. The number of aliphatic hydroxyl groups is 1. The summed E-state index contributed by atoms with van der Waals surface area (Å²) in [6.07, 6.45) is -3.55. The number of nitrogens with zero attached hydrogens (tertiary/aromatic N) is 4. The maximum absolute atomic E-state index is 13.1. The summed E-state index contributed by atoms with van der Waals surface area (Å²) in [4.78, 5) is 12.9. The molecule has 0 amide bonds. The van der Waals surface area contributed by atoms with Crippen molar-refractivity contribution in [2.24, 2.45) is 5.14 Å². The van der Waals surface area contributed by atoms with E-state index in [2.05, 4.69) is 25.6 Å². The average molecular weight is 626 g/mol. The zero-order chi connectivity index (χ0) is 30.7. The summed E-state index contributed by atoms with van der Waals surface area (Å²) in [5.74, 6) is -0.201. The van der Waals surface area contributed by atoms with Crippen LogP contribution in [-0.4, -0.2) is 69.0 Å². The lowest BCUT2D eigenvalue weighted by atomic mass is 10.1. The lowest BCUT2D eigenvalue weighted by molar-refractivity contribution is -0.115. The van der Waals surface area contributed by atoms with Crippen LogP contribution in [-0.2, 0) is 26.6 Å². The molecule has 2 heterocycles. The van der Waals surface area contributed by atoms with Gasteiger partial charge in [0.05, 0.1) is 41.2 Å². The number of fused-ring (bicyclic) bond motifs is 1. The van der Waals surface area contributed by atoms with Crippen molar-refractivity contribution >= 4 is 48.5 Å². The van der Waals surface area contributed by atoms with Gasteiger partial charge in [-0.15, -0.1) is 0 Å². The van der Waals surface area contributed by atoms with Gasteiger partial charge >= 0.3 is 6.18 Å². The fourth-order valence-corrected chi connectivity index (χ4v) is 5.36. The highest BCUT2D eigenvalue weighted by Crippen LogP contribution is 2.29. The number of nitrogens with two attached hydrogens (primary N) is 1. The molecule has 5 N–H and O–H groups in total. The van der Waals surface area contributed by atoms with Crippen LogP contribution in [0.1, 0.15) is 5.56 Å². The Hall–Kier alpha value is -4.06. The van der Waals surface area contributed by atoms with Gasteiger partial charge in [-0.3, -0.25) is 4.31 Å². The molecule has 17 heteroatoms. The van der Waals surface area contributed by atoms with Crippen LogP contribution < -0.4 is 20.1 Å². The maximum Gasteiger partial charge on any atom is 0.405 e. The second-order valence-electron chi connectivity index (χ2n) is 9.08. The quantitative estimate of drug-likeness (QED) is 0.194. The average Bonchev–Trinajstić information content (AvgIpc) is 2.92. The van der Waals surface area contributed by atoms with Crippen molar-refractivity contribution in [1.82, 2.24) is 15.0 Å². The maximum atomic E-state index is 13.1. The molecule has 0 aliphatic rings. The first-order valence-corrected chi connectivity index (χ1v) is 15.6. The molecule has 4 aromatic rings. The normalized spacial score (nSPS) is 12.3. The first kappa shape index (κ1) is 30.9. The molecule has 0 unspecified atom stereocenters. The van der Waals surface area contributed by atoms with Crippen LogP contribution in [0.25, 0.3) is 22.3 Å². The summed E-state index contributed by atoms with van der Waals surface area (Å²) in [6, 6.07) is 15.1. The Bertz CT molecular complexity index is 1800. The Morgan fingerprint density at radius 3 is 2.29 bits per heavy atom. The highest BCUT2D eigenvalue weighted by atomic mass is 32.2. The Balaban J connectivity index is 1.69. The number of aromatic nitrogens is 3. The predicted octanol–water partition coefficient (Wildman–Crippen LogP) is 2.68. The number of hydrogen-bond donors (Lipinski definition) is 4. The van der Waals surface area contributed by atoms with Crippen LogP contribution >= 0.6 is 0 Å². The van der Waals surface area contributed by atoms with E-state index in [-0.39, 0.29) is 46.5 Å². The largest absolute Gasteiger partial charge is 0.405 e. The summed E-state index contributed by atoms with van der Waals surface area (Å²) in [6.45, 7) is -1.84. The highest BCUT2D eigenvalue weighted by molar-refractivity contribution is 7.92. The van der Waals surface area contributed by atoms with Crippen LogP contribution in [0.2, 0.25) is 0 Å². The number of benzene rings is 2. The van der Waals surface area contributed by atoms with Crippen molar-refractivity contribution in [2.75, 3.05) is 40.9 Å². The van der Waals surface area contributed by atoms with Crippen molar-refractivity contribution in [2.45, 2.75) is 17.6 Å². The number of rotatable bonds is 11. The standard InChI is InChI=1S/C25H26F3N7O5S2/c1-41(37,38)35(11-12-36)18-4-2-3-17(13-18)20-9-10-21-22(32-20)23(31-15-25(26,27)28)34-24(33-21)30-14-16-5-7-19(8-6-16)42(29,39)40/h2-10,13,36H,11-12,14-15H2,1H3,(H2,29,39,40)(H2,30,31,33,34). The SMILES string of the molecule is CS(=O)(=O)N(CCO)c1cccc(-c2ccc3nc(NCc4ccc(S(N)(=O)=O)cc4)nc(NCC(F)(F)F)c3n2)c1. The third-order valence-electron chi connectivity index (χ3n) is 5.83. The highest BCUT2D eigenvalue weighted by Gasteiger charge is 2.27. The lowest BCUT2D eigenvalue weighted by Gasteiger charge is -2.22. The first-order chi connectivity index (χ1) is 19.6. The Labute approximate surface area is 239 Å². The molecular weight excluding hydrogens is 599 g/mol. The van der Waals surface area contributed by atoms with Crippen molar-refractivity contribution in [1.29, 1.82) is 0 Å². The molecule has 2 aromatic carbocycles. The molecule has 0 saturated carbocycles. The van der Waals surface area contributed by atoms with E-state index in [0.717, 1.165) is 10.6 Å². The smallest absolute Gasteiger partial charge is 0.394 e. The van der Waals surface area contributed by atoms with Gasteiger partial charge in [0.15, 0.2) is 5.82 Å². The first-order valence-electron chi connectivity index (χ1n) is 12.2. The third-order valence-corrected chi connectivity index (χ3v) is 7.96. The molecule has 2 aromatic heterocycles. The monoisotopic (exact) mass is 625 g/mol. The number of aliphatic hydroxyl groups excluding tert-OH is 1. The molecule has 0 aliphatic heterocycles. The molecule has 0 saturated heterocycles. The van der Waals surface area contributed by atoms with Gasteiger partial charge in [-0.1, -0.05) is 24.3 Å². The summed E-state index contributed by atoms with van der Waals surface area (Å²) >= 11 is 0. The van der Waals surface area contributed by atoms with Crippen molar-refractivity contribution in [3.63, 3.8) is 0 Å². The van der Waals surface area contributed by atoms with E-state index in [0.29, 0.717) is 16.8 Å². The molecule has 0 bridgehead atoms. The minimum atomic E-state index is -4.55. The number of hydrogen-bond acceptors (Lipinski definition) is 10. The van der Waals surface area contributed by atoms with Crippen LogP contribution in [0.3, 0.4) is 0 Å². The molecule has 224 valence electrons. The molecule has 0 fully saturated rings. The van der Waals surface area contributed by atoms with Crippen LogP contribution in [0.15, 0.2) is 65.6 Å². The van der Waals surface area contributed by atoms with Crippen LogP contribution in [0.5, 0.6) is 0 Å². The summed E-state index contributed by atoms with van der Waals surface area (Å²) in [7, 11) is -7.57. The van der Waals surface area contributed by atoms with Gasteiger partial charge in [0.1, 0.15) is 12.1 Å². The molecule has 42 heavy (non-hydrogen) atoms. The van der Waals surface area contributed by atoms with Gasteiger partial charge in [-0.25, -0.2) is 31.9 Å². The van der Waals surface area contributed by atoms with E-state index in [4.69, 9.17) is 5.14 Å². The summed E-state index contributed by atoms with van der Waals surface area (Å²) in [5.41, 5.74) is 1.95. The van der Waals surface area contributed by atoms with E-state index in [1.54, 1.807) is 30.3 Å². The molecular formula is C25H26F3N7O5S2. The molecule has 0 atom stereocenters. The Kier molecular flexibility index (Phi) is 8.86. The van der Waals surface area contributed by atoms with E-state index >= 15 is 0 Å². The third kappa shape index (κ3) is 7.81. The lowest BCUT2D eigenvalue weighted by Crippen LogP contribution is -2.32. The second kappa shape index (κ2) is 12.0. The minimum Gasteiger partial charge on any atom is -0.394 e. The Morgan fingerprint density at radius 1 is 0.952 bits per heavy atom. The number of halogens is 3. The second-order valence-corrected chi connectivity index (χ2v) is 12.5. The van der Waals surface area contributed by atoms with Gasteiger partial charge in [-0.2, -0.15) is 18.2 Å². The fourth-order valence-electron chi connectivity index (χ4n) is 3.94. The van der Waals surface area contributed by atoms with E-state index in [1.165, 1.54) is 30.3 Å². The van der Waals surface area contributed by atoms with E-state index in [9.17, 15) is 35.1 Å². The Morgan fingerprint density at radius 2 is 1.67 bits per heavy atom. The van der Waals surface area contributed by atoms with E-state index < -0.39 is 39.4 Å². The van der Waals surface area contributed by atoms with Gasteiger partial charge in [0, 0.05) is 12.1 Å². The summed E-state index contributed by atoms with van der Waals surface area (Å²) in [5, 5.41) is 19.6. The topological polar surface area (TPSA) is 180 Å². The van der Waals surface area contributed by atoms with Gasteiger partial charge in [-0.05, 0) is 42.0 Å². The number of primary sulfonamides is 1.